The molecule has 2 aliphatic rings. The van der Waals surface area contributed by atoms with E-state index in [-0.39, 0.29) is 11.6 Å². The Kier molecular flexibility index (Phi) is 11.4. The van der Waals surface area contributed by atoms with E-state index in [0.29, 0.717) is 36.2 Å². The van der Waals surface area contributed by atoms with Gasteiger partial charge in [0, 0.05) is 24.0 Å². The molecule has 47 heavy (non-hydrogen) atoms. The summed E-state index contributed by atoms with van der Waals surface area (Å²) in [4.78, 5) is 0. The van der Waals surface area contributed by atoms with E-state index in [1.54, 1.807) is 24.3 Å². The van der Waals surface area contributed by atoms with Crippen LogP contribution in [-0.2, 0) is 12.8 Å². The van der Waals surface area contributed by atoms with E-state index >= 15 is 0 Å². The lowest BCUT2D eigenvalue weighted by Crippen LogP contribution is -2.13. The van der Waals surface area contributed by atoms with Gasteiger partial charge in [0.2, 0.25) is 0 Å². The highest BCUT2D eigenvalue weighted by Crippen LogP contribution is 2.39. The van der Waals surface area contributed by atoms with Crippen molar-refractivity contribution in [1.29, 1.82) is 0 Å². The summed E-state index contributed by atoms with van der Waals surface area (Å²) in [5, 5.41) is 0. The summed E-state index contributed by atoms with van der Waals surface area (Å²) in [6.45, 7) is 4.58. The van der Waals surface area contributed by atoms with Gasteiger partial charge in [-0.3, -0.25) is 0 Å². The van der Waals surface area contributed by atoms with Crippen LogP contribution in [0.15, 0.2) is 84.9 Å². The van der Waals surface area contributed by atoms with Gasteiger partial charge in [-0.2, -0.15) is 0 Å². The predicted molar refractivity (Wildman–Crippen MR) is 191 cm³/mol. The predicted octanol–water partition coefficient (Wildman–Crippen LogP) is 13.1. The van der Waals surface area contributed by atoms with Crippen molar-refractivity contribution < 1.29 is 13.5 Å². The van der Waals surface area contributed by atoms with Crippen molar-refractivity contribution in [1.82, 2.24) is 0 Å². The Morgan fingerprint density at radius 2 is 0.894 bits per heavy atom. The number of rotatable bonds is 12. The Labute approximate surface area is 281 Å². The van der Waals surface area contributed by atoms with E-state index in [1.165, 1.54) is 100 Å². The molecule has 0 heterocycles. The summed E-state index contributed by atoms with van der Waals surface area (Å²) in [7, 11) is 0. The molecule has 0 unspecified atom stereocenters. The molecule has 0 aliphatic heterocycles. The maximum absolute atomic E-state index is 14.5. The van der Waals surface area contributed by atoms with Crippen LogP contribution in [0.5, 0.6) is 11.5 Å². The average molecular weight is 635 g/mol. The number of halogens is 2. The first-order valence-electron chi connectivity index (χ1n) is 18.4. The molecule has 4 aromatic carbocycles. The third-order valence-corrected chi connectivity index (χ3v) is 11.0. The van der Waals surface area contributed by atoms with E-state index in [2.05, 4.69) is 62.4 Å². The molecule has 4 aromatic rings. The van der Waals surface area contributed by atoms with Crippen LogP contribution < -0.4 is 4.74 Å². The first kappa shape index (κ1) is 33.4. The van der Waals surface area contributed by atoms with Crippen LogP contribution in [-0.4, -0.2) is 0 Å². The molecule has 1 nitrogen and oxygen atoms in total. The quantitative estimate of drug-likeness (QED) is 0.151. The first-order valence-corrected chi connectivity index (χ1v) is 18.4. The van der Waals surface area contributed by atoms with Crippen molar-refractivity contribution in [2.45, 2.75) is 116 Å². The van der Waals surface area contributed by atoms with Crippen molar-refractivity contribution in [3.05, 3.63) is 130 Å². The van der Waals surface area contributed by atoms with Gasteiger partial charge in [0.25, 0.3) is 0 Å². The summed E-state index contributed by atoms with van der Waals surface area (Å²) in [5.74, 6) is 3.71. The minimum atomic E-state index is -0.286. The van der Waals surface area contributed by atoms with Gasteiger partial charge >= 0.3 is 0 Å². The van der Waals surface area contributed by atoms with Gasteiger partial charge in [-0.1, -0.05) is 88.1 Å². The highest BCUT2D eigenvalue weighted by Gasteiger charge is 2.23. The van der Waals surface area contributed by atoms with Gasteiger partial charge in [-0.05, 0) is 134 Å². The lowest BCUT2D eigenvalue weighted by atomic mass is 9.77. The Morgan fingerprint density at radius 1 is 0.511 bits per heavy atom. The highest BCUT2D eigenvalue weighted by atomic mass is 19.1. The molecule has 3 heteroatoms. The average Bonchev–Trinajstić information content (AvgIpc) is 3.09. The van der Waals surface area contributed by atoms with Crippen LogP contribution >= 0.6 is 0 Å². The molecule has 0 radical (unpaired) electrons. The molecule has 0 aromatic heterocycles. The summed E-state index contributed by atoms with van der Waals surface area (Å²) >= 11 is 0. The number of ether oxygens (including phenoxy) is 1. The number of hydrogen-bond acceptors (Lipinski definition) is 1. The maximum Gasteiger partial charge on any atom is 0.131 e. The molecule has 0 atom stereocenters. The standard InChI is InChI=1S/C44H52F2O/c1-3-5-31-7-15-35(16-8-31)37-19-11-33(12-20-37)27-39-29-41(45)23-25-43(39)47-44-26-24-42(46)30-40(44)28-34-13-21-38(22-14-34)36-17-9-32(6-4-2)10-18-36/h11-14,19-26,29-32,35-36H,3-10,15-18,27-28H2,1-2H3. The van der Waals surface area contributed by atoms with Crippen LogP contribution in [0, 0.1) is 23.5 Å². The van der Waals surface area contributed by atoms with E-state index in [0.717, 1.165) is 34.1 Å². The minimum absolute atomic E-state index is 0.286. The van der Waals surface area contributed by atoms with Crippen molar-refractivity contribution in [3.63, 3.8) is 0 Å². The van der Waals surface area contributed by atoms with Crippen LogP contribution in [0.1, 0.15) is 136 Å². The Bertz CT molecular complexity index is 1440. The van der Waals surface area contributed by atoms with E-state index in [9.17, 15) is 8.78 Å². The normalized spacial score (nSPS) is 21.4. The second-order valence-corrected chi connectivity index (χ2v) is 14.5. The molecule has 2 aliphatic carbocycles. The van der Waals surface area contributed by atoms with E-state index < -0.39 is 0 Å². The van der Waals surface area contributed by atoms with Gasteiger partial charge < -0.3 is 4.74 Å². The fraction of sp³-hybridized carbons (Fsp3) is 0.455. The molecule has 248 valence electrons. The van der Waals surface area contributed by atoms with Crippen LogP contribution in [0.2, 0.25) is 0 Å². The zero-order chi connectivity index (χ0) is 32.6. The maximum atomic E-state index is 14.5. The minimum Gasteiger partial charge on any atom is -0.457 e. The lowest BCUT2D eigenvalue weighted by Gasteiger charge is -2.28. The monoisotopic (exact) mass is 634 g/mol. The smallest absolute Gasteiger partial charge is 0.131 e. The molecule has 0 spiro atoms. The van der Waals surface area contributed by atoms with Gasteiger partial charge in [-0.25, -0.2) is 8.78 Å². The number of benzene rings is 4. The molecule has 0 bridgehead atoms. The molecule has 6 rings (SSSR count). The van der Waals surface area contributed by atoms with Gasteiger partial charge in [0.15, 0.2) is 0 Å². The lowest BCUT2D eigenvalue weighted by molar-refractivity contribution is 0.308. The number of hydrogen-bond donors (Lipinski definition) is 0. The third kappa shape index (κ3) is 8.92. The van der Waals surface area contributed by atoms with E-state index in [4.69, 9.17) is 4.74 Å². The zero-order valence-electron chi connectivity index (χ0n) is 28.5. The SMILES string of the molecule is CCCC1CCC(c2ccc(Cc3cc(F)ccc3Oc3ccc(F)cc3Cc3ccc(C4CCC(CCC)CC4)cc3)cc2)CC1. The van der Waals surface area contributed by atoms with Crippen molar-refractivity contribution in [2.24, 2.45) is 11.8 Å². The van der Waals surface area contributed by atoms with Gasteiger partial charge in [-0.15, -0.1) is 0 Å². The summed E-state index contributed by atoms with van der Waals surface area (Å²) < 4.78 is 35.5. The summed E-state index contributed by atoms with van der Waals surface area (Å²) in [6, 6.07) is 27.2. The Balaban J connectivity index is 1.13. The van der Waals surface area contributed by atoms with Crippen LogP contribution in [0.4, 0.5) is 8.78 Å². The van der Waals surface area contributed by atoms with Crippen LogP contribution in [0.25, 0.3) is 0 Å². The van der Waals surface area contributed by atoms with Crippen molar-refractivity contribution >= 4 is 0 Å². The Morgan fingerprint density at radius 3 is 1.26 bits per heavy atom. The fourth-order valence-corrected chi connectivity index (χ4v) is 8.33. The molecule has 2 fully saturated rings. The second-order valence-electron chi connectivity index (χ2n) is 14.5. The highest BCUT2D eigenvalue weighted by molar-refractivity contribution is 5.45. The van der Waals surface area contributed by atoms with Gasteiger partial charge in [0.1, 0.15) is 23.1 Å². The zero-order valence-corrected chi connectivity index (χ0v) is 28.5. The molecular weight excluding hydrogens is 582 g/mol. The topological polar surface area (TPSA) is 9.23 Å². The van der Waals surface area contributed by atoms with E-state index in [1.807, 2.05) is 0 Å². The summed E-state index contributed by atoms with van der Waals surface area (Å²) in [5.41, 5.74) is 6.66. The second kappa shape index (κ2) is 16.1. The molecule has 0 saturated heterocycles. The van der Waals surface area contributed by atoms with Gasteiger partial charge in [0.05, 0.1) is 0 Å². The van der Waals surface area contributed by atoms with Crippen molar-refractivity contribution in [3.8, 4) is 11.5 Å². The van der Waals surface area contributed by atoms with Crippen molar-refractivity contribution in [2.75, 3.05) is 0 Å². The largest absolute Gasteiger partial charge is 0.457 e. The molecule has 2 saturated carbocycles. The fourth-order valence-electron chi connectivity index (χ4n) is 8.33. The molecular formula is C44H52F2O. The first-order chi connectivity index (χ1) is 23.0. The molecule has 0 amide bonds. The third-order valence-electron chi connectivity index (χ3n) is 11.0. The molecule has 0 N–H and O–H groups in total. The summed E-state index contributed by atoms with van der Waals surface area (Å²) in [6.07, 6.45) is 16.8. The van der Waals surface area contributed by atoms with Crippen LogP contribution in [0.3, 0.4) is 0 Å². The Hall–Kier alpha value is -3.46.